The summed E-state index contributed by atoms with van der Waals surface area (Å²) in [6, 6.07) is 19.8. The van der Waals surface area contributed by atoms with E-state index < -0.39 is 24.0 Å². The SMILES string of the molecule is CCC[C@@H](NC(=O)c1ccc(Br)cc1NC(=O)OCC1c2ccccc2-c2ccccc21)C(=O)O. The lowest BCUT2D eigenvalue weighted by atomic mass is 9.98. The average molecular weight is 537 g/mol. The second-order valence-corrected chi connectivity index (χ2v) is 9.21. The van der Waals surface area contributed by atoms with Gasteiger partial charge in [0, 0.05) is 10.4 Å². The molecule has 0 aliphatic heterocycles. The molecule has 0 radical (unpaired) electrons. The van der Waals surface area contributed by atoms with E-state index in [-0.39, 0.29) is 23.8 Å². The molecule has 0 saturated heterocycles. The topological polar surface area (TPSA) is 105 Å². The highest BCUT2D eigenvalue weighted by Crippen LogP contribution is 2.44. The Hall–Kier alpha value is -3.65. The van der Waals surface area contributed by atoms with Crippen LogP contribution in [0.25, 0.3) is 11.1 Å². The van der Waals surface area contributed by atoms with Gasteiger partial charge in [-0.3, -0.25) is 10.1 Å². The molecule has 3 aromatic rings. The van der Waals surface area contributed by atoms with Gasteiger partial charge in [0.1, 0.15) is 12.6 Å². The first kappa shape index (κ1) is 24.5. The Labute approximate surface area is 211 Å². The molecule has 1 atom stereocenters. The van der Waals surface area contributed by atoms with E-state index >= 15 is 0 Å². The lowest BCUT2D eigenvalue weighted by molar-refractivity contribution is -0.139. The first-order valence-electron chi connectivity index (χ1n) is 11.3. The van der Waals surface area contributed by atoms with E-state index in [9.17, 15) is 19.5 Å². The van der Waals surface area contributed by atoms with Crippen molar-refractivity contribution in [1.82, 2.24) is 5.32 Å². The Kier molecular flexibility index (Phi) is 7.51. The van der Waals surface area contributed by atoms with Gasteiger partial charge in [-0.2, -0.15) is 0 Å². The Morgan fingerprint density at radius 3 is 2.23 bits per heavy atom. The summed E-state index contributed by atoms with van der Waals surface area (Å²) in [7, 11) is 0. The summed E-state index contributed by atoms with van der Waals surface area (Å²) in [5.74, 6) is -1.79. The van der Waals surface area contributed by atoms with Crippen LogP contribution in [0.3, 0.4) is 0 Å². The van der Waals surface area contributed by atoms with E-state index in [4.69, 9.17) is 4.74 Å². The van der Waals surface area contributed by atoms with Gasteiger partial charge in [-0.25, -0.2) is 9.59 Å². The number of ether oxygens (including phenoxy) is 1. The molecule has 8 heteroatoms. The van der Waals surface area contributed by atoms with E-state index in [0.29, 0.717) is 17.3 Å². The normalized spacial score (nSPS) is 12.9. The molecule has 0 fully saturated rings. The number of hydrogen-bond donors (Lipinski definition) is 3. The van der Waals surface area contributed by atoms with Crippen LogP contribution in [0.2, 0.25) is 0 Å². The maximum Gasteiger partial charge on any atom is 0.411 e. The first-order chi connectivity index (χ1) is 16.9. The van der Waals surface area contributed by atoms with Crippen LogP contribution in [0.5, 0.6) is 0 Å². The summed E-state index contributed by atoms with van der Waals surface area (Å²) >= 11 is 3.35. The fourth-order valence-electron chi connectivity index (χ4n) is 4.34. The van der Waals surface area contributed by atoms with Crippen molar-refractivity contribution in [2.75, 3.05) is 11.9 Å². The van der Waals surface area contributed by atoms with Crippen LogP contribution >= 0.6 is 15.9 Å². The molecule has 0 spiro atoms. The highest BCUT2D eigenvalue weighted by atomic mass is 79.9. The van der Waals surface area contributed by atoms with Crippen molar-refractivity contribution in [3.63, 3.8) is 0 Å². The maximum absolute atomic E-state index is 12.8. The third-order valence-corrected chi connectivity index (χ3v) is 6.48. The van der Waals surface area contributed by atoms with Gasteiger partial charge in [0.2, 0.25) is 0 Å². The van der Waals surface area contributed by atoms with Crippen LogP contribution in [-0.4, -0.2) is 35.7 Å². The lowest BCUT2D eigenvalue weighted by Gasteiger charge is -2.17. The van der Waals surface area contributed by atoms with Gasteiger partial charge < -0.3 is 15.2 Å². The molecule has 0 bridgehead atoms. The van der Waals surface area contributed by atoms with Crippen LogP contribution in [0.1, 0.15) is 47.2 Å². The van der Waals surface area contributed by atoms with Crippen molar-refractivity contribution in [3.05, 3.63) is 87.9 Å². The van der Waals surface area contributed by atoms with Crippen LogP contribution in [0.15, 0.2) is 71.2 Å². The number of carbonyl (C=O) groups is 3. The fraction of sp³-hybridized carbons (Fsp3) is 0.222. The van der Waals surface area contributed by atoms with Crippen molar-refractivity contribution in [3.8, 4) is 11.1 Å². The summed E-state index contributed by atoms with van der Waals surface area (Å²) in [6.45, 7) is 1.97. The Balaban J connectivity index is 1.48. The molecule has 3 aromatic carbocycles. The number of aliphatic carboxylic acids is 1. The van der Waals surface area contributed by atoms with Crippen molar-refractivity contribution in [2.24, 2.45) is 0 Å². The first-order valence-corrected chi connectivity index (χ1v) is 12.1. The smallest absolute Gasteiger partial charge is 0.411 e. The van der Waals surface area contributed by atoms with Gasteiger partial charge in [0.05, 0.1) is 11.3 Å². The van der Waals surface area contributed by atoms with Crippen LogP contribution in [-0.2, 0) is 9.53 Å². The average Bonchev–Trinajstić information content (AvgIpc) is 3.16. The number of anilines is 1. The molecule has 180 valence electrons. The van der Waals surface area contributed by atoms with Gasteiger partial charge in [-0.05, 0) is 46.9 Å². The number of carboxylic acid groups (broad SMARTS) is 1. The molecule has 35 heavy (non-hydrogen) atoms. The van der Waals surface area contributed by atoms with E-state index in [1.165, 1.54) is 6.07 Å². The molecular formula is C27H25BrN2O5. The zero-order valence-electron chi connectivity index (χ0n) is 19.1. The predicted octanol–water partition coefficient (Wildman–Crippen LogP) is 5.79. The minimum Gasteiger partial charge on any atom is -0.480 e. The van der Waals surface area contributed by atoms with Crippen molar-refractivity contribution < 1.29 is 24.2 Å². The summed E-state index contributed by atoms with van der Waals surface area (Å²) < 4.78 is 6.23. The predicted molar refractivity (Wildman–Crippen MR) is 137 cm³/mol. The second kappa shape index (κ2) is 10.7. The van der Waals surface area contributed by atoms with E-state index in [0.717, 1.165) is 22.3 Å². The molecule has 0 heterocycles. The molecule has 0 saturated carbocycles. The van der Waals surface area contributed by atoms with Crippen LogP contribution in [0, 0.1) is 0 Å². The quantitative estimate of drug-likeness (QED) is 0.337. The number of benzene rings is 3. The fourth-order valence-corrected chi connectivity index (χ4v) is 4.71. The Morgan fingerprint density at radius 1 is 1.00 bits per heavy atom. The lowest BCUT2D eigenvalue weighted by Crippen LogP contribution is -2.41. The van der Waals surface area contributed by atoms with E-state index in [2.05, 4.69) is 38.7 Å². The number of carbonyl (C=O) groups excluding carboxylic acids is 2. The van der Waals surface area contributed by atoms with Gasteiger partial charge in [-0.1, -0.05) is 77.8 Å². The van der Waals surface area contributed by atoms with Gasteiger partial charge in [0.25, 0.3) is 5.91 Å². The maximum atomic E-state index is 12.8. The number of amides is 2. The Morgan fingerprint density at radius 2 is 1.63 bits per heavy atom. The van der Waals surface area contributed by atoms with Crippen LogP contribution < -0.4 is 10.6 Å². The number of carboxylic acids is 1. The molecular weight excluding hydrogens is 512 g/mol. The summed E-state index contributed by atoms with van der Waals surface area (Å²) in [4.78, 5) is 37.0. The highest BCUT2D eigenvalue weighted by Gasteiger charge is 2.29. The van der Waals surface area contributed by atoms with Crippen molar-refractivity contribution in [1.29, 1.82) is 0 Å². The molecule has 0 aromatic heterocycles. The molecule has 2 amide bonds. The second-order valence-electron chi connectivity index (χ2n) is 8.29. The summed E-state index contributed by atoms with van der Waals surface area (Å²) in [5.41, 5.74) is 4.81. The summed E-state index contributed by atoms with van der Waals surface area (Å²) in [6.07, 6.45) is 0.192. The third-order valence-electron chi connectivity index (χ3n) is 5.99. The molecule has 1 aliphatic rings. The zero-order valence-corrected chi connectivity index (χ0v) is 20.7. The minimum atomic E-state index is -1.11. The standard InChI is InChI=1S/C27H25BrN2O5/c1-2-7-23(26(32)33)29-25(31)21-13-12-16(28)14-24(21)30-27(34)35-15-22-19-10-5-3-8-17(19)18-9-4-6-11-20(18)22/h3-6,8-14,22-23H,2,7,15H2,1H3,(H,29,31)(H,30,34)(H,32,33)/t23-/m1/s1. The third kappa shape index (κ3) is 5.38. The number of nitrogens with one attached hydrogen (secondary N) is 2. The molecule has 0 unspecified atom stereocenters. The minimum absolute atomic E-state index is 0.0937. The monoisotopic (exact) mass is 536 g/mol. The van der Waals surface area contributed by atoms with Crippen LogP contribution in [0.4, 0.5) is 10.5 Å². The van der Waals surface area contributed by atoms with E-state index in [1.54, 1.807) is 12.1 Å². The molecule has 4 rings (SSSR count). The molecule has 3 N–H and O–H groups in total. The number of fused-ring (bicyclic) bond motifs is 3. The van der Waals surface area contributed by atoms with Gasteiger partial charge >= 0.3 is 12.1 Å². The van der Waals surface area contributed by atoms with Gasteiger partial charge in [0.15, 0.2) is 0 Å². The number of hydrogen-bond acceptors (Lipinski definition) is 4. The van der Waals surface area contributed by atoms with Crippen molar-refractivity contribution >= 4 is 39.6 Å². The molecule has 7 nitrogen and oxygen atoms in total. The summed E-state index contributed by atoms with van der Waals surface area (Å²) in [5, 5.41) is 14.5. The number of halogens is 1. The number of rotatable bonds is 8. The molecule has 1 aliphatic carbocycles. The van der Waals surface area contributed by atoms with E-state index in [1.807, 2.05) is 43.3 Å². The van der Waals surface area contributed by atoms with Crippen molar-refractivity contribution in [2.45, 2.75) is 31.7 Å². The highest BCUT2D eigenvalue weighted by molar-refractivity contribution is 9.10. The largest absolute Gasteiger partial charge is 0.480 e. The van der Waals surface area contributed by atoms with Gasteiger partial charge in [-0.15, -0.1) is 0 Å². The Bertz CT molecular complexity index is 1230. The zero-order chi connectivity index (χ0) is 24.9.